The fraction of sp³-hybridized carbons (Fsp3) is 1.00. The van der Waals surface area contributed by atoms with Crippen LogP contribution in [0.3, 0.4) is 0 Å². The molecule has 0 amide bonds. The Morgan fingerprint density at radius 1 is 1.11 bits per heavy atom. The Kier molecular flexibility index (Phi) is 5.04. The van der Waals surface area contributed by atoms with Crippen LogP contribution in [0.2, 0.25) is 0 Å². The highest BCUT2D eigenvalue weighted by atomic mass is 32.2. The van der Waals surface area contributed by atoms with Gasteiger partial charge in [-0.15, -0.1) is 0 Å². The Balaban J connectivity index is 1.89. The van der Waals surface area contributed by atoms with Crippen LogP contribution >= 0.6 is 0 Å². The van der Waals surface area contributed by atoms with Gasteiger partial charge in [0.15, 0.2) is 0 Å². The summed E-state index contributed by atoms with van der Waals surface area (Å²) in [4.78, 5) is 0. The summed E-state index contributed by atoms with van der Waals surface area (Å²) in [5, 5.41) is 3.25. The molecule has 3 atom stereocenters. The average molecular weight is 274 g/mol. The molecule has 5 heteroatoms. The number of hydrogen-bond donors (Lipinski definition) is 2. The van der Waals surface area contributed by atoms with Crippen molar-refractivity contribution in [2.45, 2.75) is 64.0 Å². The second-order valence-corrected chi connectivity index (χ2v) is 7.71. The maximum absolute atomic E-state index is 12.2. The third-order valence-corrected chi connectivity index (χ3v) is 5.78. The zero-order chi connectivity index (χ0) is 13.0. The molecule has 1 aliphatic heterocycles. The molecule has 1 saturated heterocycles. The second-order valence-electron chi connectivity index (χ2n) is 5.91. The molecule has 2 fully saturated rings. The second kappa shape index (κ2) is 6.35. The predicted molar refractivity (Wildman–Crippen MR) is 74.0 cm³/mol. The van der Waals surface area contributed by atoms with Crippen molar-refractivity contribution in [2.75, 3.05) is 12.3 Å². The molecule has 2 N–H and O–H groups in total. The zero-order valence-corrected chi connectivity index (χ0v) is 12.1. The molecule has 106 valence electrons. The van der Waals surface area contributed by atoms with Crippen LogP contribution in [0.15, 0.2) is 0 Å². The van der Waals surface area contributed by atoms with E-state index in [1.165, 1.54) is 12.8 Å². The molecule has 4 nitrogen and oxygen atoms in total. The molecule has 0 aromatic carbocycles. The summed E-state index contributed by atoms with van der Waals surface area (Å²) in [5.41, 5.74) is 0. The van der Waals surface area contributed by atoms with Gasteiger partial charge in [0.25, 0.3) is 0 Å². The lowest BCUT2D eigenvalue weighted by Gasteiger charge is -2.23. The lowest BCUT2D eigenvalue weighted by Crippen LogP contribution is -2.43. The molecule has 0 bridgehead atoms. The Bertz CT molecular complexity index is 350. The maximum Gasteiger partial charge on any atom is 0.213 e. The summed E-state index contributed by atoms with van der Waals surface area (Å²) in [6, 6.07) is 0.308. The SMILES string of the molecule is CC1CCCCCC1NS(=O)(=O)CC1CCCN1. The molecular formula is C13H26N2O2S. The van der Waals surface area contributed by atoms with E-state index in [9.17, 15) is 8.42 Å². The Labute approximate surface area is 111 Å². The van der Waals surface area contributed by atoms with Crippen molar-refractivity contribution < 1.29 is 8.42 Å². The number of rotatable bonds is 4. The van der Waals surface area contributed by atoms with E-state index in [0.717, 1.165) is 38.6 Å². The van der Waals surface area contributed by atoms with Crippen LogP contribution in [-0.2, 0) is 10.0 Å². The third kappa shape index (κ3) is 4.21. The largest absolute Gasteiger partial charge is 0.313 e. The minimum atomic E-state index is -3.13. The van der Waals surface area contributed by atoms with Gasteiger partial charge >= 0.3 is 0 Å². The van der Waals surface area contributed by atoms with E-state index in [1.807, 2.05) is 0 Å². The lowest BCUT2D eigenvalue weighted by atomic mass is 9.98. The Morgan fingerprint density at radius 3 is 2.61 bits per heavy atom. The molecule has 3 unspecified atom stereocenters. The van der Waals surface area contributed by atoms with E-state index in [-0.39, 0.29) is 17.8 Å². The molecule has 0 aromatic heterocycles. The number of hydrogen-bond acceptors (Lipinski definition) is 3. The van der Waals surface area contributed by atoms with Crippen molar-refractivity contribution in [3.8, 4) is 0 Å². The van der Waals surface area contributed by atoms with Crippen molar-refractivity contribution in [2.24, 2.45) is 5.92 Å². The van der Waals surface area contributed by atoms with Crippen LogP contribution < -0.4 is 10.0 Å². The highest BCUT2D eigenvalue weighted by Crippen LogP contribution is 2.23. The summed E-state index contributed by atoms with van der Waals surface area (Å²) >= 11 is 0. The van der Waals surface area contributed by atoms with E-state index in [2.05, 4.69) is 17.0 Å². The molecule has 0 radical (unpaired) electrons. The number of sulfonamides is 1. The average Bonchev–Trinajstić information content (AvgIpc) is 2.70. The molecule has 0 aromatic rings. The summed E-state index contributed by atoms with van der Waals surface area (Å²) in [6.45, 7) is 3.13. The quantitative estimate of drug-likeness (QED) is 0.766. The highest BCUT2D eigenvalue weighted by Gasteiger charge is 2.27. The Hall–Kier alpha value is -0.130. The van der Waals surface area contributed by atoms with Crippen LogP contribution in [0.1, 0.15) is 51.9 Å². The van der Waals surface area contributed by atoms with Crippen LogP contribution in [0.5, 0.6) is 0 Å². The van der Waals surface area contributed by atoms with E-state index in [1.54, 1.807) is 0 Å². The predicted octanol–water partition coefficient (Wildman–Crippen LogP) is 1.63. The van der Waals surface area contributed by atoms with Gasteiger partial charge in [0.1, 0.15) is 0 Å². The normalized spacial score (nSPS) is 34.4. The van der Waals surface area contributed by atoms with Crippen molar-refractivity contribution >= 4 is 10.0 Å². The summed E-state index contributed by atoms with van der Waals surface area (Å²) in [7, 11) is -3.13. The fourth-order valence-corrected chi connectivity index (χ4v) is 4.83. The van der Waals surface area contributed by atoms with Gasteiger partial charge in [0.05, 0.1) is 5.75 Å². The van der Waals surface area contributed by atoms with E-state index >= 15 is 0 Å². The van der Waals surface area contributed by atoms with Crippen LogP contribution in [0.25, 0.3) is 0 Å². The first-order valence-electron chi connectivity index (χ1n) is 7.30. The van der Waals surface area contributed by atoms with Gasteiger partial charge in [-0.3, -0.25) is 0 Å². The number of nitrogens with one attached hydrogen (secondary N) is 2. The van der Waals surface area contributed by atoms with Crippen LogP contribution in [-0.4, -0.2) is 32.8 Å². The van der Waals surface area contributed by atoms with E-state index in [0.29, 0.717) is 5.92 Å². The van der Waals surface area contributed by atoms with E-state index < -0.39 is 10.0 Å². The van der Waals surface area contributed by atoms with Gasteiger partial charge in [0.2, 0.25) is 10.0 Å². The van der Waals surface area contributed by atoms with Crippen molar-refractivity contribution in [1.29, 1.82) is 0 Å². The summed E-state index contributed by atoms with van der Waals surface area (Å²) in [5.74, 6) is 0.717. The molecule has 18 heavy (non-hydrogen) atoms. The van der Waals surface area contributed by atoms with Crippen molar-refractivity contribution in [3.63, 3.8) is 0 Å². The minimum Gasteiger partial charge on any atom is -0.313 e. The first-order chi connectivity index (χ1) is 8.57. The maximum atomic E-state index is 12.2. The molecule has 1 saturated carbocycles. The van der Waals surface area contributed by atoms with Gasteiger partial charge < -0.3 is 5.32 Å². The smallest absolute Gasteiger partial charge is 0.213 e. The molecular weight excluding hydrogens is 248 g/mol. The summed E-state index contributed by atoms with van der Waals surface area (Å²) < 4.78 is 27.3. The van der Waals surface area contributed by atoms with E-state index in [4.69, 9.17) is 0 Å². The van der Waals surface area contributed by atoms with Gasteiger partial charge in [-0.25, -0.2) is 13.1 Å². The van der Waals surface area contributed by atoms with Crippen molar-refractivity contribution in [3.05, 3.63) is 0 Å². The van der Waals surface area contributed by atoms with Gasteiger partial charge in [-0.2, -0.15) is 0 Å². The van der Waals surface area contributed by atoms with Gasteiger partial charge in [0, 0.05) is 12.1 Å². The molecule has 0 spiro atoms. The van der Waals surface area contributed by atoms with Crippen molar-refractivity contribution in [1.82, 2.24) is 10.0 Å². The first kappa shape index (κ1) is 14.3. The van der Waals surface area contributed by atoms with Gasteiger partial charge in [-0.1, -0.05) is 26.2 Å². The topological polar surface area (TPSA) is 58.2 Å². The molecule has 1 aliphatic carbocycles. The molecule has 2 aliphatic rings. The zero-order valence-electron chi connectivity index (χ0n) is 11.3. The third-order valence-electron chi connectivity index (χ3n) is 4.28. The monoisotopic (exact) mass is 274 g/mol. The minimum absolute atomic E-state index is 0.152. The van der Waals surface area contributed by atoms with Crippen LogP contribution in [0, 0.1) is 5.92 Å². The molecule has 1 heterocycles. The fourth-order valence-electron chi connectivity index (χ4n) is 3.11. The standard InChI is InChI=1S/C13H26N2O2S/c1-11-6-3-2-4-8-13(11)15-18(16,17)10-12-7-5-9-14-12/h11-15H,2-10H2,1H3. The van der Waals surface area contributed by atoms with Crippen LogP contribution in [0.4, 0.5) is 0 Å². The lowest BCUT2D eigenvalue weighted by molar-refractivity contribution is 0.398. The Morgan fingerprint density at radius 2 is 1.89 bits per heavy atom. The first-order valence-corrected chi connectivity index (χ1v) is 8.95. The summed E-state index contributed by atoms with van der Waals surface area (Å²) in [6.07, 6.45) is 7.87. The van der Waals surface area contributed by atoms with Gasteiger partial charge in [-0.05, 0) is 38.1 Å². The molecule has 2 rings (SSSR count). The highest BCUT2D eigenvalue weighted by molar-refractivity contribution is 7.89.